The van der Waals surface area contributed by atoms with Crippen molar-refractivity contribution < 1.29 is 9.53 Å². The summed E-state index contributed by atoms with van der Waals surface area (Å²) >= 11 is 12.1. The van der Waals surface area contributed by atoms with Gasteiger partial charge in [-0.2, -0.15) is 5.10 Å². The molecule has 1 atom stereocenters. The van der Waals surface area contributed by atoms with Crippen molar-refractivity contribution >= 4 is 34.9 Å². The van der Waals surface area contributed by atoms with E-state index in [0.29, 0.717) is 34.6 Å². The molecule has 0 spiro atoms. The monoisotopic (exact) mass is 367 g/mol. The molecular formula is C17H19Cl2N3O2. The fourth-order valence-corrected chi connectivity index (χ4v) is 3.17. The maximum absolute atomic E-state index is 12.2. The summed E-state index contributed by atoms with van der Waals surface area (Å²) in [5.74, 6) is 1.09. The number of halogens is 2. The van der Waals surface area contributed by atoms with Crippen LogP contribution in [-0.4, -0.2) is 28.9 Å². The first kappa shape index (κ1) is 17.3. The minimum Gasteiger partial charge on any atom is -0.381 e. The number of hydrogen-bond donors (Lipinski definition) is 1. The minimum atomic E-state index is -0.0736. The first-order chi connectivity index (χ1) is 11.6. The number of nitrogens with zero attached hydrogens (tertiary/aromatic N) is 2. The Morgan fingerprint density at radius 1 is 1.38 bits per heavy atom. The van der Waals surface area contributed by atoms with Crippen LogP contribution >= 0.6 is 23.2 Å². The van der Waals surface area contributed by atoms with Crippen molar-refractivity contribution in [1.82, 2.24) is 9.78 Å². The summed E-state index contributed by atoms with van der Waals surface area (Å²) in [6.45, 7) is 2.30. The van der Waals surface area contributed by atoms with Gasteiger partial charge < -0.3 is 10.1 Å². The van der Waals surface area contributed by atoms with Crippen LogP contribution in [0.25, 0.3) is 0 Å². The number of benzene rings is 1. The number of aromatic nitrogens is 2. The summed E-state index contributed by atoms with van der Waals surface area (Å²) in [5.41, 5.74) is 0.871. The van der Waals surface area contributed by atoms with Crippen molar-refractivity contribution in [3.05, 3.63) is 46.1 Å². The van der Waals surface area contributed by atoms with E-state index < -0.39 is 0 Å². The van der Waals surface area contributed by atoms with Gasteiger partial charge in [0.1, 0.15) is 5.82 Å². The van der Waals surface area contributed by atoms with E-state index >= 15 is 0 Å². The summed E-state index contributed by atoms with van der Waals surface area (Å²) in [6.07, 6.45) is 3.59. The number of anilines is 1. The molecule has 0 radical (unpaired) electrons. The second-order valence-electron chi connectivity index (χ2n) is 5.89. The lowest BCUT2D eigenvalue weighted by atomic mass is 10.1. The number of rotatable bonds is 6. The van der Waals surface area contributed by atoms with Crippen LogP contribution < -0.4 is 5.32 Å². The lowest BCUT2D eigenvalue weighted by Crippen LogP contribution is -2.19. The molecule has 1 N–H and O–H groups in total. The van der Waals surface area contributed by atoms with Crippen LogP contribution in [-0.2, 0) is 22.5 Å². The first-order valence-electron chi connectivity index (χ1n) is 7.96. The molecule has 0 saturated carbocycles. The van der Waals surface area contributed by atoms with Crippen molar-refractivity contribution in [2.24, 2.45) is 5.92 Å². The molecule has 0 aliphatic carbocycles. The van der Waals surface area contributed by atoms with E-state index in [-0.39, 0.29) is 5.91 Å². The van der Waals surface area contributed by atoms with Gasteiger partial charge in [0.15, 0.2) is 0 Å². The lowest BCUT2D eigenvalue weighted by molar-refractivity contribution is -0.116. The Kier molecular flexibility index (Phi) is 5.76. The van der Waals surface area contributed by atoms with E-state index in [4.69, 9.17) is 27.9 Å². The molecule has 5 nitrogen and oxygen atoms in total. The highest BCUT2D eigenvalue weighted by molar-refractivity contribution is 6.42. The van der Waals surface area contributed by atoms with Gasteiger partial charge >= 0.3 is 0 Å². The van der Waals surface area contributed by atoms with Gasteiger partial charge in [0, 0.05) is 31.6 Å². The molecular weight excluding hydrogens is 349 g/mol. The van der Waals surface area contributed by atoms with Crippen molar-refractivity contribution in [3.63, 3.8) is 0 Å². The van der Waals surface area contributed by atoms with E-state index in [1.165, 1.54) is 0 Å². The second-order valence-corrected chi connectivity index (χ2v) is 6.67. The molecule has 1 aromatic heterocycles. The zero-order valence-electron chi connectivity index (χ0n) is 13.2. The van der Waals surface area contributed by atoms with Crippen LogP contribution in [0.2, 0.25) is 10.0 Å². The predicted octanol–water partition coefficient (Wildman–Crippen LogP) is 3.80. The number of nitrogens with one attached hydrogen (secondary N) is 1. The summed E-state index contributed by atoms with van der Waals surface area (Å²) in [4.78, 5) is 12.2. The SMILES string of the molecule is O=C(CCc1cccc(Cl)c1Cl)Nc1ccnn1C[C@@H]1CCOC1. The number of carbonyl (C=O) groups is 1. The maximum Gasteiger partial charge on any atom is 0.225 e. The average molecular weight is 368 g/mol. The molecule has 2 heterocycles. The molecule has 0 bridgehead atoms. The number of carbonyl (C=O) groups excluding carboxylic acids is 1. The number of aryl methyl sites for hydroxylation is 1. The lowest BCUT2D eigenvalue weighted by Gasteiger charge is -2.12. The van der Waals surface area contributed by atoms with Crippen LogP contribution in [0.5, 0.6) is 0 Å². The zero-order valence-corrected chi connectivity index (χ0v) is 14.7. The predicted molar refractivity (Wildman–Crippen MR) is 94.6 cm³/mol. The van der Waals surface area contributed by atoms with Gasteiger partial charge in [-0.05, 0) is 24.5 Å². The van der Waals surface area contributed by atoms with Gasteiger partial charge in [-0.1, -0.05) is 35.3 Å². The van der Waals surface area contributed by atoms with E-state index in [1.54, 1.807) is 18.3 Å². The van der Waals surface area contributed by atoms with Crippen molar-refractivity contribution in [2.45, 2.75) is 25.8 Å². The molecule has 3 rings (SSSR count). The fraction of sp³-hybridized carbons (Fsp3) is 0.412. The average Bonchev–Trinajstić information content (AvgIpc) is 3.22. The number of hydrogen-bond acceptors (Lipinski definition) is 3. The second kappa shape index (κ2) is 8.01. The molecule has 1 amide bonds. The highest BCUT2D eigenvalue weighted by Crippen LogP contribution is 2.26. The van der Waals surface area contributed by atoms with E-state index in [0.717, 1.165) is 31.7 Å². The van der Waals surface area contributed by atoms with E-state index in [2.05, 4.69) is 10.4 Å². The van der Waals surface area contributed by atoms with Gasteiger partial charge in [-0.3, -0.25) is 4.79 Å². The Bertz CT molecular complexity index is 712. The summed E-state index contributed by atoms with van der Waals surface area (Å²) in [6, 6.07) is 7.25. The van der Waals surface area contributed by atoms with Crippen LogP contribution in [0.15, 0.2) is 30.5 Å². The first-order valence-corrected chi connectivity index (χ1v) is 8.71. The van der Waals surface area contributed by atoms with Gasteiger partial charge in [-0.25, -0.2) is 4.68 Å². The quantitative estimate of drug-likeness (QED) is 0.844. The van der Waals surface area contributed by atoms with E-state index in [9.17, 15) is 4.79 Å². The van der Waals surface area contributed by atoms with Crippen molar-refractivity contribution in [1.29, 1.82) is 0 Å². The Hall–Kier alpha value is -1.56. The third-order valence-electron chi connectivity index (χ3n) is 4.09. The zero-order chi connectivity index (χ0) is 16.9. The molecule has 7 heteroatoms. The molecule has 1 saturated heterocycles. The van der Waals surface area contributed by atoms with Crippen molar-refractivity contribution in [2.75, 3.05) is 18.5 Å². The van der Waals surface area contributed by atoms with Crippen LogP contribution in [0.3, 0.4) is 0 Å². The Morgan fingerprint density at radius 3 is 3.04 bits per heavy atom. The highest BCUT2D eigenvalue weighted by Gasteiger charge is 2.18. The van der Waals surface area contributed by atoms with Gasteiger partial charge in [0.05, 0.1) is 22.8 Å². The third-order valence-corrected chi connectivity index (χ3v) is 4.95. The summed E-state index contributed by atoms with van der Waals surface area (Å²) in [7, 11) is 0. The summed E-state index contributed by atoms with van der Waals surface area (Å²) < 4.78 is 7.21. The largest absolute Gasteiger partial charge is 0.381 e. The molecule has 128 valence electrons. The fourth-order valence-electron chi connectivity index (χ4n) is 2.75. The molecule has 1 fully saturated rings. The van der Waals surface area contributed by atoms with Gasteiger partial charge in [-0.15, -0.1) is 0 Å². The topological polar surface area (TPSA) is 56.2 Å². The van der Waals surface area contributed by atoms with Crippen LogP contribution in [0, 0.1) is 5.92 Å². The molecule has 1 aliphatic heterocycles. The van der Waals surface area contributed by atoms with Crippen LogP contribution in [0.4, 0.5) is 5.82 Å². The van der Waals surface area contributed by atoms with Gasteiger partial charge in [0.2, 0.25) is 5.91 Å². The maximum atomic E-state index is 12.2. The standard InChI is InChI=1S/C17H19Cl2N3O2/c18-14-3-1-2-13(17(14)19)4-5-16(23)21-15-6-8-20-22(15)10-12-7-9-24-11-12/h1-3,6,8,12H,4-5,7,9-11H2,(H,21,23)/t12-/m0/s1. The Labute approximate surface area is 150 Å². The smallest absolute Gasteiger partial charge is 0.225 e. The number of amides is 1. The Morgan fingerprint density at radius 2 is 2.25 bits per heavy atom. The molecule has 0 unspecified atom stereocenters. The Balaban J connectivity index is 1.55. The molecule has 1 aliphatic rings. The van der Waals surface area contributed by atoms with Gasteiger partial charge in [0.25, 0.3) is 0 Å². The van der Waals surface area contributed by atoms with E-state index in [1.807, 2.05) is 16.8 Å². The highest BCUT2D eigenvalue weighted by atomic mass is 35.5. The minimum absolute atomic E-state index is 0.0736. The normalized spacial score (nSPS) is 17.2. The summed E-state index contributed by atoms with van der Waals surface area (Å²) in [5, 5.41) is 8.22. The van der Waals surface area contributed by atoms with Crippen LogP contribution in [0.1, 0.15) is 18.4 Å². The van der Waals surface area contributed by atoms with Crippen molar-refractivity contribution in [3.8, 4) is 0 Å². The molecule has 24 heavy (non-hydrogen) atoms. The number of ether oxygens (including phenoxy) is 1. The molecule has 1 aromatic carbocycles. The third kappa shape index (κ3) is 4.29. The molecule has 2 aromatic rings.